The van der Waals surface area contributed by atoms with Crippen LogP contribution in [-0.2, 0) is 0 Å². The van der Waals surface area contributed by atoms with Crippen LogP contribution in [-0.4, -0.2) is 30.4 Å². The van der Waals surface area contributed by atoms with E-state index < -0.39 is 0 Å². The second-order valence-electron chi connectivity index (χ2n) is 7.16. The quantitative estimate of drug-likeness (QED) is 0.627. The number of thiophene rings is 1. The first-order valence-electron chi connectivity index (χ1n) is 9.30. The number of hydrogen-bond donors (Lipinski definition) is 1. The Balaban J connectivity index is 1.53. The summed E-state index contributed by atoms with van der Waals surface area (Å²) in [5.41, 5.74) is 1.16. The Hall–Kier alpha value is -1.82. The van der Waals surface area contributed by atoms with Gasteiger partial charge in [-0.25, -0.2) is 0 Å². The summed E-state index contributed by atoms with van der Waals surface area (Å²) in [5, 5.41) is 4.57. The van der Waals surface area contributed by atoms with Crippen LogP contribution < -0.4 is 5.32 Å². The van der Waals surface area contributed by atoms with Crippen LogP contribution in [0.2, 0.25) is 5.02 Å². The van der Waals surface area contributed by atoms with Crippen molar-refractivity contribution >= 4 is 38.9 Å². The standard InChI is InChI=1S/C21H23ClN2O2S/c1-13-5-7-15-18(11-13)27-20(19(15)22)21(25)23-12-16(24-9-3-4-10-24)17-8-6-14(2)26-17/h5-8,11,16H,3-4,9-10,12H2,1-2H3,(H,23,25)/t16-/m0/s1. The molecule has 0 unspecified atom stereocenters. The number of rotatable bonds is 5. The highest BCUT2D eigenvalue weighted by molar-refractivity contribution is 7.21. The molecule has 1 atom stereocenters. The number of carbonyl (C=O) groups excluding carboxylic acids is 1. The second kappa shape index (κ2) is 7.66. The van der Waals surface area contributed by atoms with Gasteiger partial charge in [-0.05, 0) is 63.5 Å². The van der Waals surface area contributed by atoms with E-state index in [-0.39, 0.29) is 11.9 Å². The van der Waals surface area contributed by atoms with Crippen molar-refractivity contribution < 1.29 is 9.21 Å². The summed E-state index contributed by atoms with van der Waals surface area (Å²) in [7, 11) is 0. The number of nitrogens with zero attached hydrogens (tertiary/aromatic N) is 1. The Kier molecular flexibility index (Phi) is 5.26. The summed E-state index contributed by atoms with van der Waals surface area (Å²) in [6.07, 6.45) is 2.37. The fourth-order valence-corrected chi connectivity index (χ4v) is 5.22. The SMILES string of the molecule is Cc1ccc2c(Cl)c(C(=O)NC[C@@H](c3ccc(C)o3)N3CCCC3)sc2c1. The van der Waals surface area contributed by atoms with Gasteiger partial charge in [-0.2, -0.15) is 0 Å². The lowest BCUT2D eigenvalue weighted by Crippen LogP contribution is -2.36. The average molecular weight is 403 g/mol. The molecule has 0 radical (unpaired) electrons. The maximum Gasteiger partial charge on any atom is 0.263 e. The summed E-state index contributed by atoms with van der Waals surface area (Å²) in [4.78, 5) is 15.8. The number of amides is 1. The summed E-state index contributed by atoms with van der Waals surface area (Å²) in [5.74, 6) is 1.68. The van der Waals surface area contributed by atoms with Crippen LogP contribution in [0.4, 0.5) is 0 Å². The zero-order valence-corrected chi connectivity index (χ0v) is 17.1. The molecule has 142 valence electrons. The number of furan rings is 1. The van der Waals surface area contributed by atoms with Crippen LogP contribution in [0.1, 0.15) is 45.6 Å². The van der Waals surface area contributed by atoms with Gasteiger partial charge in [-0.3, -0.25) is 9.69 Å². The van der Waals surface area contributed by atoms with Crippen molar-refractivity contribution in [2.75, 3.05) is 19.6 Å². The number of nitrogens with one attached hydrogen (secondary N) is 1. The molecule has 1 aromatic carbocycles. The molecule has 0 aliphatic carbocycles. The fraction of sp³-hybridized carbons (Fsp3) is 0.381. The van der Waals surface area contributed by atoms with Crippen molar-refractivity contribution in [2.45, 2.75) is 32.7 Å². The van der Waals surface area contributed by atoms with Crippen molar-refractivity contribution in [1.82, 2.24) is 10.2 Å². The van der Waals surface area contributed by atoms with Gasteiger partial charge in [0, 0.05) is 16.6 Å². The zero-order valence-electron chi connectivity index (χ0n) is 15.5. The third kappa shape index (κ3) is 3.77. The van der Waals surface area contributed by atoms with Crippen LogP contribution in [0.25, 0.3) is 10.1 Å². The highest BCUT2D eigenvalue weighted by Crippen LogP contribution is 2.36. The van der Waals surface area contributed by atoms with Gasteiger partial charge >= 0.3 is 0 Å². The van der Waals surface area contributed by atoms with E-state index in [2.05, 4.69) is 16.3 Å². The van der Waals surface area contributed by atoms with E-state index in [9.17, 15) is 4.79 Å². The van der Waals surface area contributed by atoms with Gasteiger partial charge < -0.3 is 9.73 Å². The molecule has 0 bridgehead atoms. The summed E-state index contributed by atoms with van der Waals surface area (Å²) in [6.45, 7) is 6.56. The van der Waals surface area contributed by atoms with Gasteiger partial charge in [0.2, 0.25) is 0 Å². The molecule has 4 nitrogen and oxygen atoms in total. The minimum atomic E-state index is -0.119. The summed E-state index contributed by atoms with van der Waals surface area (Å²) in [6, 6.07) is 10.1. The first-order valence-corrected chi connectivity index (χ1v) is 10.5. The molecule has 2 aromatic heterocycles. The number of hydrogen-bond acceptors (Lipinski definition) is 4. The lowest BCUT2D eigenvalue weighted by Gasteiger charge is -2.26. The number of fused-ring (bicyclic) bond motifs is 1. The Morgan fingerprint density at radius 2 is 2.04 bits per heavy atom. The highest BCUT2D eigenvalue weighted by atomic mass is 35.5. The van der Waals surface area contributed by atoms with E-state index in [1.807, 2.05) is 38.1 Å². The molecular formula is C21H23ClN2O2S. The molecule has 4 rings (SSSR count). The fourth-order valence-electron chi connectivity index (χ4n) is 3.68. The third-order valence-electron chi connectivity index (χ3n) is 5.12. The van der Waals surface area contributed by atoms with Gasteiger partial charge in [0.05, 0.1) is 11.1 Å². The van der Waals surface area contributed by atoms with Gasteiger partial charge in [0.15, 0.2) is 0 Å². The number of halogens is 1. The molecule has 6 heteroatoms. The number of benzene rings is 1. The molecule has 3 heterocycles. The third-order valence-corrected chi connectivity index (χ3v) is 6.77. The molecule has 1 aliphatic rings. The number of likely N-dealkylation sites (tertiary alicyclic amines) is 1. The Morgan fingerprint density at radius 1 is 1.26 bits per heavy atom. The van der Waals surface area contributed by atoms with E-state index in [0.717, 1.165) is 40.3 Å². The number of aryl methyl sites for hydroxylation is 2. The predicted octanol–water partition coefficient (Wildman–Crippen LogP) is 5.33. The topological polar surface area (TPSA) is 45.5 Å². The van der Waals surface area contributed by atoms with Crippen LogP contribution in [0.15, 0.2) is 34.7 Å². The van der Waals surface area contributed by atoms with Gasteiger partial charge in [-0.1, -0.05) is 23.7 Å². The maximum absolute atomic E-state index is 12.8. The average Bonchev–Trinajstić information content (AvgIpc) is 3.37. The van der Waals surface area contributed by atoms with Gasteiger partial charge in [0.25, 0.3) is 5.91 Å². The monoisotopic (exact) mass is 402 g/mol. The summed E-state index contributed by atoms with van der Waals surface area (Å²) < 4.78 is 6.91. The Morgan fingerprint density at radius 3 is 2.74 bits per heavy atom. The lowest BCUT2D eigenvalue weighted by atomic mass is 10.2. The molecule has 1 saturated heterocycles. The molecule has 1 N–H and O–H groups in total. The maximum atomic E-state index is 12.8. The molecular weight excluding hydrogens is 380 g/mol. The molecule has 27 heavy (non-hydrogen) atoms. The van der Waals surface area contributed by atoms with Crippen molar-refractivity contribution in [3.05, 3.63) is 57.3 Å². The van der Waals surface area contributed by atoms with E-state index in [0.29, 0.717) is 16.4 Å². The highest BCUT2D eigenvalue weighted by Gasteiger charge is 2.27. The Labute approximate surface area is 168 Å². The lowest BCUT2D eigenvalue weighted by molar-refractivity contribution is 0.0938. The van der Waals surface area contributed by atoms with Crippen LogP contribution in [0.3, 0.4) is 0 Å². The van der Waals surface area contributed by atoms with E-state index in [4.69, 9.17) is 16.0 Å². The summed E-state index contributed by atoms with van der Waals surface area (Å²) >= 11 is 7.94. The Bertz CT molecular complexity index is 972. The first-order chi connectivity index (χ1) is 13.0. The number of carbonyl (C=O) groups is 1. The second-order valence-corrected chi connectivity index (χ2v) is 8.59. The van der Waals surface area contributed by atoms with Crippen molar-refractivity contribution in [3.63, 3.8) is 0 Å². The largest absolute Gasteiger partial charge is 0.465 e. The zero-order chi connectivity index (χ0) is 19.0. The van der Waals surface area contributed by atoms with Crippen molar-refractivity contribution in [2.24, 2.45) is 0 Å². The first kappa shape index (κ1) is 18.5. The molecule has 3 aromatic rings. The molecule has 1 aliphatic heterocycles. The van der Waals surface area contributed by atoms with E-state index >= 15 is 0 Å². The normalized spacial score (nSPS) is 16.1. The van der Waals surface area contributed by atoms with Crippen LogP contribution in [0, 0.1) is 13.8 Å². The van der Waals surface area contributed by atoms with Crippen LogP contribution in [0.5, 0.6) is 0 Å². The molecule has 1 amide bonds. The minimum Gasteiger partial charge on any atom is -0.465 e. The molecule has 0 spiro atoms. The minimum absolute atomic E-state index is 0.0561. The smallest absolute Gasteiger partial charge is 0.263 e. The molecule has 0 saturated carbocycles. The predicted molar refractivity (Wildman–Crippen MR) is 111 cm³/mol. The van der Waals surface area contributed by atoms with Crippen molar-refractivity contribution in [3.8, 4) is 0 Å². The van der Waals surface area contributed by atoms with E-state index in [1.165, 1.54) is 24.2 Å². The van der Waals surface area contributed by atoms with E-state index in [1.54, 1.807) is 0 Å². The van der Waals surface area contributed by atoms with Crippen LogP contribution >= 0.6 is 22.9 Å². The van der Waals surface area contributed by atoms with Gasteiger partial charge in [-0.15, -0.1) is 11.3 Å². The van der Waals surface area contributed by atoms with Gasteiger partial charge in [0.1, 0.15) is 16.4 Å². The van der Waals surface area contributed by atoms with Crippen molar-refractivity contribution in [1.29, 1.82) is 0 Å². The molecule has 1 fully saturated rings.